The Morgan fingerprint density at radius 2 is 1.80 bits per heavy atom. The van der Waals surface area contributed by atoms with Gasteiger partial charge in [-0.1, -0.05) is 18.2 Å². The van der Waals surface area contributed by atoms with E-state index in [1.807, 2.05) is 58.9 Å². The number of carbonyl (C=O) groups is 1. The summed E-state index contributed by atoms with van der Waals surface area (Å²) >= 11 is 0. The van der Waals surface area contributed by atoms with Crippen LogP contribution in [0.1, 0.15) is 46.2 Å². The van der Waals surface area contributed by atoms with Crippen LogP contribution in [0.5, 0.6) is 5.75 Å². The Morgan fingerprint density at radius 1 is 1.20 bits per heavy atom. The average molecular weight is 278 g/mol. The van der Waals surface area contributed by atoms with Gasteiger partial charge in [-0.3, -0.25) is 10.1 Å². The highest BCUT2D eigenvalue weighted by molar-refractivity contribution is 5.82. The van der Waals surface area contributed by atoms with Crippen molar-refractivity contribution in [1.82, 2.24) is 10.6 Å². The quantitative estimate of drug-likeness (QED) is 0.870. The van der Waals surface area contributed by atoms with Crippen molar-refractivity contribution in [3.8, 4) is 5.75 Å². The first kappa shape index (κ1) is 16.5. The summed E-state index contributed by atoms with van der Waals surface area (Å²) in [6.45, 7) is 9.82. The third-order valence-electron chi connectivity index (χ3n) is 3.00. The Kier molecular flexibility index (Phi) is 5.57. The molecule has 0 bridgehead atoms. The molecule has 1 aromatic carbocycles. The smallest absolute Gasteiger partial charge is 0.237 e. The number of methoxy groups -OCH3 is 1. The van der Waals surface area contributed by atoms with Crippen molar-refractivity contribution in [3.63, 3.8) is 0 Å². The summed E-state index contributed by atoms with van der Waals surface area (Å²) in [6.07, 6.45) is 0. The van der Waals surface area contributed by atoms with Gasteiger partial charge in [-0.2, -0.15) is 0 Å². The van der Waals surface area contributed by atoms with Gasteiger partial charge in [0.25, 0.3) is 0 Å². The van der Waals surface area contributed by atoms with Gasteiger partial charge in [-0.15, -0.1) is 0 Å². The molecule has 0 fully saturated rings. The normalized spacial score (nSPS) is 14.5. The third kappa shape index (κ3) is 4.85. The van der Waals surface area contributed by atoms with Gasteiger partial charge in [0.05, 0.1) is 13.2 Å². The van der Waals surface area contributed by atoms with Crippen molar-refractivity contribution in [3.05, 3.63) is 29.8 Å². The zero-order valence-electron chi connectivity index (χ0n) is 13.3. The lowest BCUT2D eigenvalue weighted by atomic mass is 10.1. The molecule has 2 atom stereocenters. The number of hydrogen-bond donors (Lipinski definition) is 2. The SMILES string of the molecule is COc1ccccc1[C@@H](C)NC(C)C(=O)NC(C)(C)C. The third-order valence-corrected chi connectivity index (χ3v) is 3.00. The van der Waals surface area contributed by atoms with Crippen molar-refractivity contribution in [2.24, 2.45) is 0 Å². The molecule has 1 rings (SSSR count). The Morgan fingerprint density at radius 3 is 2.35 bits per heavy atom. The summed E-state index contributed by atoms with van der Waals surface area (Å²) < 4.78 is 5.35. The van der Waals surface area contributed by atoms with E-state index in [9.17, 15) is 4.79 Å². The molecule has 4 heteroatoms. The van der Waals surface area contributed by atoms with E-state index in [0.29, 0.717) is 0 Å². The molecule has 4 nitrogen and oxygen atoms in total. The molecule has 0 aliphatic heterocycles. The fourth-order valence-electron chi connectivity index (χ4n) is 2.04. The van der Waals surface area contributed by atoms with E-state index in [0.717, 1.165) is 11.3 Å². The van der Waals surface area contributed by atoms with E-state index >= 15 is 0 Å². The summed E-state index contributed by atoms with van der Waals surface area (Å²) in [7, 11) is 1.65. The minimum absolute atomic E-state index is 0.000696. The lowest BCUT2D eigenvalue weighted by molar-refractivity contribution is -0.124. The zero-order chi connectivity index (χ0) is 15.3. The molecular weight excluding hydrogens is 252 g/mol. The fourth-order valence-corrected chi connectivity index (χ4v) is 2.04. The number of amides is 1. The van der Waals surface area contributed by atoms with Gasteiger partial charge in [-0.05, 0) is 40.7 Å². The van der Waals surface area contributed by atoms with Crippen LogP contribution in [0, 0.1) is 0 Å². The van der Waals surface area contributed by atoms with Gasteiger partial charge in [0.15, 0.2) is 0 Å². The summed E-state index contributed by atoms with van der Waals surface area (Å²) in [4.78, 5) is 12.1. The first-order valence-electron chi connectivity index (χ1n) is 6.95. The van der Waals surface area contributed by atoms with E-state index < -0.39 is 0 Å². The van der Waals surface area contributed by atoms with E-state index in [-0.39, 0.29) is 23.5 Å². The summed E-state index contributed by atoms with van der Waals surface area (Å²) in [5.74, 6) is 0.829. The number of ether oxygens (including phenoxy) is 1. The predicted molar refractivity (Wildman–Crippen MR) is 81.9 cm³/mol. The molecule has 0 spiro atoms. The summed E-state index contributed by atoms with van der Waals surface area (Å²) in [5.41, 5.74) is 0.825. The highest BCUT2D eigenvalue weighted by Gasteiger charge is 2.21. The Hall–Kier alpha value is -1.55. The van der Waals surface area contributed by atoms with Crippen molar-refractivity contribution < 1.29 is 9.53 Å². The number of carbonyl (C=O) groups excluding carboxylic acids is 1. The second kappa shape index (κ2) is 6.75. The first-order valence-corrected chi connectivity index (χ1v) is 6.95. The molecule has 112 valence electrons. The Bertz CT molecular complexity index is 452. The standard InChI is InChI=1S/C16H26N2O2/c1-11(13-9-7-8-10-14(13)20-6)17-12(2)15(19)18-16(3,4)5/h7-12,17H,1-6H3,(H,18,19)/t11-,12?/m1/s1. The molecule has 0 saturated heterocycles. The molecule has 0 radical (unpaired) electrons. The molecule has 0 aliphatic carbocycles. The molecule has 0 aliphatic rings. The van der Waals surface area contributed by atoms with Gasteiger partial charge >= 0.3 is 0 Å². The van der Waals surface area contributed by atoms with Crippen LogP contribution in [0.2, 0.25) is 0 Å². The molecule has 1 aromatic rings. The maximum atomic E-state index is 12.1. The minimum atomic E-state index is -0.269. The number of nitrogens with one attached hydrogen (secondary N) is 2. The van der Waals surface area contributed by atoms with Crippen molar-refractivity contribution in [1.29, 1.82) is 0 Å². The van der Waals surface area contributed by atoms with Gasteiger partial charge in [0, 0.05) is 17.1 Å². The van der Waals surface area contributed by atoms with Crippen LogP contribution in [0.25, 0.3) is 0 Å². The predicted octanol–water partition coefficient (Wildman–Crippen LogP) is 2.65. The first-order chi connectivity index (χ1) is 9.24. The molecule has 20 heavy (non-hydrogen) atoms. The summed E-state index contributed by atoms with van der Waals surface area (Å²) in [6, 6.07) is 7.60. The number of para-hydroxylation sites is 1. The number of rotatable bonds is 5. The van der Waals surface area contributed by atoms with Gasteiger partial charge in [-0.25, -0.2) is 0 Å². The zero-order valence-corrected chi connectivity index (χ0v) is 13.3. The molecule has 0 heterocycles. The summed E-state index contributed by atoms with van der Waals surface area (Å²) in [5, 5.41) is 6.27. The number of hydrogen-bond acceptors (Lipinski definition) is 3. The largest absolute Gasteiger partial charge is 0.496 e. The lowest BCUT2D eigenvalue weighted by Crippen LogP contribution is -2.50. The molecule has 2 N–H and O–H groups in total. The van der Waals surface area contributed by atoms with Crippen LogP contribution in [0.15, 0.2) is 24.3 Å². The molecule has 0 saturated carbocycles. The van der Waals surface area contributed by atoms with Crippen LogP contribution >= 0.6 is 0 Å². The fraction of sp³-hybridized carbons (Fsp3) is 0.562. The van der Waals surface area contributed by atoms with Crippen LogP contribution in [0.4, 0.5) is 0 Å². The minimum Gasteiger partial charge on any atom is -0.496 e. The van der Waals surface area contributed by atoms with Crippen molar-refractivity contribution in [2.75, 3.05) is 7.11 Å². The van der Waals surface area contributed by atoms with E-state index in [2.05, 4.69) is 10.6 Å². The van der Waals surface area contributed by atoms with Crippen molar-refractivity contribution in [2.45, 2.75) is 52.2 Å². The van der Waals surface area contributed by atoms with Gasteiger partial charge in [0.2, 0.25) is 5.91 Å². The second-order valence-electron chi connectivity index (χ2n) is 6.09. The highest BCUT2D eigenvalue weighted by Crippen LogP contribution is 2.24. The van der Waals surface area contributed by atoms with Crippen molar-refractivity contribution >= 4 is 5.91 Å². The second-order valence-corrected chi connectivity index (χ2v) is 6.09. The topological polar surface area (TPSA) is 50.4 Å². The monoisotopic (exact) mass is 278 g/mol. The van der Waals surface area contributed by atoms with Crippen LogP contribution < -0.4 is 15.4 Å². The van der Waals surface area contributed by atoms with Crippen LogP contribution in [-0.2, 0) is 4.79 Å². The maximum Gasteiger partial charge on any atom is 0.237 e. The highest BCUT2D eigenvalue weighted by atomic mass is 16.5. The molecule has 0 aromatic heterocycles. The lowest BCUT2D eigenvalue weighted by Gasteiger charge is -2.26. The Balaban J connectivity index is 2.70. The Labute approximate surface area is 121 Å². The van der Waals surface area contributed by atoms with Gasteiger partial charge in [0.1, 0.15) is 5.75 Å². The molecular formula is C16H26N2O2. The van der Waals surface area contributed by atoms with Crippen LogP contribution in [0.3, 0.4) is 0 Å². The number of benzene rings is 1. The molecule has 1 amide bonds. The average Bonchev–Trinajstić information content (AvgIpc) is 2.36. The maximum absolute atomic E-state index is 12.1. The van der Waals surface area contributed by atoms with E-state index in [4.69, 9.17) is 4.74 Å². The van der Waals surface area contributed by atoms with Crippen LogP contribution in [-0.4, -0.2) is 24.6 Å². The van der Waals surface area contributed by atoms with E-state index in [1.54, 1.807) is 7.11 Å². The molecule has 1 unspecified atom stereocenters. The van der Waals surface area contributed by atoms with Gasteiger partial charge < -0.3 is 10.1 Å². The van der Waals surface area contributed by atoms with E-state index in [1.165, 1.54) is 0 Å².